The number of hydrogen-bond acceptors (Lipinski definition) is 2. The molecule has 3 aromatic rings. The third-order valence-corrected chi connectivity index (χ3v) is 6.63. The molecule has 0 heterocycles. The number of aliphatic carboxylic acids is 1. The molecule has 5 heteroatoms. The summed E-state index contributed by atoms with van der Waals surface area (Å²) in [6.45, 7) is 1.33. The molecule has 0 aromatic heterocycles. The zero-order valence-electron chi connectivity index (χ0n) is 14.9. The Balaban J connectivity index is 2.19. The minimum Gasteiger partial charge on any atom is -0.479 e. The van der Waals surface area contributed by atoms with Gasteiger partial charge in [-0.15, -0.1) is 0 Å². The summed E-state index contributed by atoms with van der Waals surface area (Å²) in [7, 11) is -0.964. The fourth-order valence-electron chi connectivity index (χ4n) is 2.99. The van der Waals surface area contributed by atoms with Crippen LogP contribution in [-0.2, 0) is 9.59 Å². The highest BCUT2D eigenvalue weighted by Crippen LogP contribution is 2.35. The highest BCUT2D eigenvalue weighted by molar-refractivity contribution is 7.79. The number of carbonyl (C=O) groups is 2. The quantitative estimate of drug-likeness (QED) is 0.649. The first-order valence-corrected chi connectivity index (χ1v) is 9.91. The van der Waals surface area contributed by atoms with Gasteiger partial charge in [-0.1, -0.05) is 84.9 Å². The van der Waals surface area contributed by atoms with Gasteiger partial charge in [-0.2, -0.15) is 0 Å². The molecule has 3 rings (SSSR count). The van der Waals surface area contributed by atoms with E-state index in [1.165, 1.54) is 6.92 Å². The number of carboxylic acid groups (broad SMARTS) is 1. The second-order valence-corrected chi connectivity index (χ2v) is 8.22. The van der Waals surface area contributed by atoms with E-state index in [4.69, 9.17) is 0 Å². The van der Waals surface area contributed by atoms with Gasteiger partial charge in [-0.25, -0.2) is 4.79 Å². The molecule has 0 bridgehead atoms. The van der Waals surface area contributed by atoms with Gasteiger partial charge in [0.2, 0.25) is 5.91 Å². The molecular weight excluding hydrogens is 357 g/mol. The molecule has 1 amide bonds. The summed E-state index contributed by atoms with van der Waals surface area (Å²) in [5.74, 6) is -1.45. The Morgan fingerprint density at radius 3 is 1.78 bits per heavy atom. The molecule has 0 saturated heterocycles. The standard InChI is InChI=1S/C22H20NO3P/c1-16(24)23-21(22(25)26)19-14-8-9-15-20(19)27(17-10-4-2-5-11-17)18-12-6-3-7-13-18/h2-15,21H,1H3,(H,23,24)(H,25,26)/t21-/m1/s1. The molecule has 136 valence electrons. The second kappa shape index (κ2) is 8.61. The van der Waals surface area contributed by atoms with E-state index in [-0.39, 0.29) is 5.91 Å². The maximum absolute atomic E-state index is 11.9. The molecule has 0 radical (unpaired) electrons. The fraction of sp³-hybridized carbons (Fsp3) is 0.0909. The predicted octanol–water partition coefficient (Wildman–Crippen LogP) is 2.71. The summed E-state index contributed by atoms with van der Waals surface area (Å²) < 4.78 is 0. The first-order chi connectivity index (χ1) is 13.1. The Morgan fingerprint density at radius 2 is 1.30 bits per heavy atom. The molecule has 4 nitrogen and oxygen atoms in total. The van der Waals surface area contributed by atoms with Crippen LogP contribution < -0.4 is 21.2 Å². The van der Waals surface area contributed by atoms with Crippen LogP contribution >= 0.6 is 7.92 Å². The van der Waals surface area contributed by atoms with E-state index >= 15 is 0 Å². The minimum absolute atomic E-state index is 0.374. The predicted molar refractivity (Wildman–Crippen MR) is 109 cm³/mol. The van der Waals surface area contributed by atoms with Crippen LogP contribution in [-0.4, -0.2) is 17.0 Å². The highest BCUT2D eigenvalue weighted by atomic mass is 31.1. The van der Waals surface area contributed by atoms with E-state index in [9.17, 15) is 14.7 Å². The molecule has 1 atom stereocenters. The van der Waals surface area contributed by atoms with Gasteiger partial charge in [0.05, 0.1) is 0 Å². The largest absolute Gasteiger partial charge is 0.479 e. The highest BCUT2D eigenvalue weighted by Gasteiger charge is 2.27. The fourth-order valence-corrected chi connectivity index (χ4v) is 5.48. The average molecular weight is 377 g/mol. The molecule has 0 aliphatic carbocycles. The van der Waals surface area contributed by atoms with E-state index in [1.807, 2.05) is 48.5 Å². The number of carbonyl (C=O) groups excluding carboxylic acids is 1. The van der Waals surface area contributed by atoms with Gasteiger partial charge in [-0.05, 0) is 29.4 Å². The Morgan fingerprint density at radius 1 is 0.815 bits per heavy atom. The SMILES string of the molecule is CC(=O)N[C@@H](C(=O)O)c1ccccc1P(c1ccccc1)c1ccccc1. The summed E-state index contributed by atoms with van der Waals surface area (Å²) >= 11 is 0. The zero-order chi connectivity index (χ0) is 19.2. The Bertz CT molecular complexity index is 889. The number of rotatable bonds is 6. The number of benzene rings is 3. The minimum atomic E-state index is -1.09. The summed E-state index contributed by atoms with van der Waals surface area (Å²) in [5, 5.41) is 15.4. The van der Waals surface area contributed by atoms with Crippen molar-refractivity contribution in [3.63, 3.8) is 0 Å². The van der Waals surface area contributed by atoms with Crippen LogP contribution in [0.3, 0.4) is 0 Å². The van der Waals surface area contributed by atoms with Gasteiger partial charge in [0.15, 0.2) is 6.04 Å². The lowest BCUT2D eigenvalue weighted by Crippen LogP contribution is -2.36. The summed E-state index contributed by atoms with van der Waals surface area (Å²) in [5.41, 5.74) is 0.610. The van der Waals surface area contributed by atoms with Crippen molar-refractivity contribution in [1.82, 2.24) is 5.32 Å². The topological polar surface area (TPSA) is 66.4 Å². The average Bonchev–Trinajstić information content (AvgIpc) is 2.68. The summed E-state index contributed by atoms with van der Waals surface area (Å²) in [6.07, 6.45) is 0. The Hall–Kier alpha value is -2.97. The van der Waals surface area contributed by atoms with Crippen molar-refractivity contribution < 1.29 is 14.7 Å². The summed E-state index contributed by atoms with van der Waals surface area (Å²) in [4.78, 5) is 23.5. The van der Waals surface area contributed by atoms with Crippen molar-refractivity contribution in [3.8, 4) is 0 Å². The Kier molecular flexibility index (Phi) is 6.00. The molecule has 2 N–H and O–H groups in total. The second-order valence-electron chi connectivity index (χ2n) is 6.04. The first kappa shape index (κ1) is 18.8. The van der Waals surface area contributed by atoms with Gasteiger partial charge in [0.25, 0.3) is 0 Å². The maximum Gasteiger partial charge on any atom is 0.330 e. The number of nitrogens with one attached hydrogen (secondary N) is 1. The molecule has 0 fully saturated rings. The smallest absolute Gasteiger partial charge is 0.330 e. The monoisotopic (exact) mass is 377 g/mol. The van der Waals surface area contributed by atoms with Crippen LogP contribution in [0.5, 0.6) is 0 Å². The Labute approximate surface area is 159 Å². The van der Waals surface area contributed by atoms with E-state index < -0.39 is 19.9 Å². The lowest BCUT2D eigenvalue weighted by atomic mass is 10.1. The lowest BCUT2D eigenvalue weighted by molar-refractivity contribution is -0.141. The number of amides is 1. The molecule has 0 unspecified atom stereocenters. The van der Waals surface area contributed by atoms with Gasteiger partial charge >= 0.3 is 5.97 Å². The molecule has 3 aromatic carbocycles. The first-order valence-electron chi connectivity index (χ1n) is 8.57. The van der Waals surface area contributed by atoms with Crippen LogP contribution in [0.25, 0.3) is 0 Å². The van der Waals surface area contributed by atoms with E-state index in [0.29, 0.717) is 5.56 Å². The lowest BCUT2D eigenvalue weighted by Gasteiger charge is -2.25. The van der Waals surface area contributed by atoms with Crippen molar-refractivity contribution >= 4 is 35.7 Å². The third kappa shape index (κ3) is 4.42. The van der Waals surface area contributed by atoms with Crippen LogP contribution in [0.1, 0.15) is 18.5 Å². The van der Waals surface area contributed by atoms with Gasteiger partial charge in [0, 0.05) is 6.92 Å². The molecule has 27 heavy (non-hydrogen) atoms. The van der Waals surface area contributed by atoms with Gasteiger partial charge in [0.1, 0.15) is 0 Å². The molecule has 0 aliphatic rings. The normalized spacial score (nSPS) is 11.8. The van der Waals surface area contributed by atoms with Crippen LogP contribution in [0, 0.1) is 0 Å². The van der Waals surface area contributed by atoms with Crippen LogP contribution in [0.4, 0.5) is 0 Å². The van der Waals surface area contributed by atoms with Gasteiger partial charge in [-0.3, -0.25) is 4.79 Å². The number of hydrogen-bond donors (Lipinski definition) is 2. The van der Waals surface area contributed by atoms with Crippen molar-refractivity contribution in [2.45, 2.75) is 13.0 Å². The van der Waals surface area contributed by atoms with Crippen LogP contribution in [0.15, 0.2) is 84.9 Å². The van der Waals surface area contributed by atoms with Crippen molar-refractivity contribution in [1.29, 1.82) is 0 Å². The van der Waals surface area contributed by atoms with E-state index in [0.717, 1.165) is 15.9 Å². The van der Waals surface area contributed by atoms with Crippen molar-refractivity contribution in [3.05, 3.63) is 90.5 Å². The van der Waals surface area contributed by atoms with Crippen LogP contribution in [0.2, 0.25) is 0 Å². The van der Waals surface area contributed by atoms with Crippen molar-refractivity contribution in [2.75, 3.05) is 0 Å². The zero-order valence-corrected chi connectivity index (χ0v) is 15.8. The molecule has 0 spiro atoms. The van der Waals surface area contributed by atoms with Gasteiger partial charge < -0.3 is 10.4 Å². The molecule has 0 saturated carbocycles. The van der Waals surface area contributed by atoms with E-state index in [2.05, 4.69) is 29.6 Å². The molecular formula is C22H20NO3P. The summed E-state index contributed by atoms with van der Waals surface area (Å²) in [6, 6.07) is 26.5. The van der Waals surface area contributed by atoms with E-state index in [1.54, 1.807) is 12.1 Å². The van der Waals surface area contributed by atoms with Crippen molar-refractivity contribution in [2.24, 2.45) is 0 Å². The third-order valence-electron chi connectivity index (χ3n) is 4.11. The maximum atomic E-state index is 11.9. The number of carboxylic acids is 1. The molecule has 0 aliphatic heterocycles.